The quantitative estimate of drug-likeness (QED) is 0.771. The fourth-order valence-corrected chi connectivity index (χ4v) is 2.62. The van der Waals surface area contributed by atoms with Crippen LogP contribution < -0.4 is 5.73 Å². The molecule has 0 bridgehead atoms. The largest absolute Gasteiger partial charge is 0.508 e. The Labute approximate surface area is 120 Å². The summed E-state index contributed by atoms with van der Waals surface area (Å²) in [7, 11) is 0. The van der Waals surface area contributed by atoms with E-state index in [1.807, 2.05) is 29.6 Å². The summed E-state index contributed by atoms with van der Waals surface area (Å²) >= 11 is 1.58. The normalized spacial score (nSPS) is 12.4. The Morgan fingerprint density at radius 2 is 2.05 bits per heavy atom. The average molecular weight is 286 g/mol. The van der Waals surface area contributed by atoms with Crippen LogP contribution in [0.4, 0.5) is 0 Å². The minimum absolute atomic E-state index is 0.225. The molecular formula is C15H14N2O2S. The molecule has 1 atom stereocenters. The van der Waals surface area contributed by atoms with E-state index in [0.29, 0.717) is 12.3 Å². The predicted octanol–water partition coefficient (Wildman–Crippen LogP) is 3.35. The van der Waals surface area contributed by atoms with Gasteiger partial charge in [-0.15, -0.1) is 11.3 Å². The number of phenols is 1. The van der Waals surface area contributed by atoms with E-state index in [1.54, 1.807) is 29.7 Å². The van der Waals surface area contributed by atoms with Crippen molar-refractivity contribution in [3.8, 4) is 16.5 Å². The monoisotopic (exact) mass is 286 g/mol. The topological polar surface area (TPSA) is 72.3 Å². The van der Waals surface area contributed by atoms with Gasteiger partial charge in [-0.1, -0.05) is 18.2 Å². The highest BCUT2D eigenvalue weighted by Gasteiger charge is 2.14. The lowest BCUT2D eigenvalue weighted by Crippen LogP contribution is -2.13. The highest BCUT2D eigenvalue weighted by molar-refractivity contribution is 7.13. The van der Waals surface area contributed by atoms with Crippen molar-refractivity contribution < 1.29 is 9.52 Å². The zero-order valence-electron chi connectivity index (χ0n) is 10.7. The van der Waals surface area contributed by atoms with Crippen LogP contribution in [0.1, 0.15) is 17.3 Å². The van der Waals surface area contributed by atoms with Crippen LogP contribution in [0.2, 0.25) is 0 Å². The van der Waals surface area contributed by atoms with Crippen LogP contribution in [0.5, 0.6) is 5.75 Å². The van der Waals surface area contributed by atoms with Gasteiger partial charge in [0.1, 0.15) is 12.0 Å². The number of aromatic nitrogens is 1. The Balaban J connectivity index is 1.74. The fourth-order valence-electron chi connectivity index (χ4n) is 1.96. The molecule has 0 aliphatic rings. The number of nitrogens with zero attached hydrogens (tertiary/aromatic N) is 1. The van der Waals surface area contributed by atoms with Crippen LogP contribution in [0.15, 0.2) is 52.5 Å². The molecule has 20 heavy (non-hydrogen) atoms. The van der Waals surface area contributed by atoms with Gasteiger partial charge < -0.3 is 15.3 Å². The lowest BCUT2D eigenvalue weighted by Gasteiger charge is -2.08. The number of oxazole rings is 1. The molecular weight excluding hydrogens is 272 g/mol. The van der Waals surface area contributed by atoms with Crippen LogP contribution in [-0.2, 0) is 6.42 Å². The van der Waals surface area contributed by atoms with Crippen molar-refractivity contribution in [3.05, 3.63) is 59.3 Å². The SMILES string of the molecule is N[C@@H](Cc1ccc(O)cc1)c1coc(-c2cccs2)n1. The second-order valence-corrected chi connectivity index (χ2v) is 5.48. The minimum Gasteiger partial charge on any atom is -0.508 e. The lowest BCUT2D eigenvalue weighted by molar-refractivity contribution is 0.475. The van der Waals surface area contributed by atoms with E-state index in [2.05, 4.69) is 4.98 Å². The number of phenolic OH excluding ortho intramolecular Hbond substituents is 1. The predicted molar refractivity (Wildman–Crippen MR) is 78.6 cm³/mol. The third-order valence-electron chi connectivity index (χ3n) is 3.03. The molecule has 0 aliphatic heterocycles. The van der Waals surface area contributed by atoms with Gasteiger partial charge in [-0.25, -0.2) is 4.98 Å². The van der Waals surface area contributed by atoms with Gasteiger partial charge in [0.15, 0.2) is 0 Å². The first-order valence-corrected chi connectivity index (χ1v) is 7.13. The van der Waals surface area contributed by atoms with E-state index in [1.165, 1.54) is 0 Å². The van der Waals surface area contributed by atoms with E-state index in [9.17, 15) is 5.11 Å². The smallest absolute Gasteiger partial charge is 0.236 e. The van der Waals surface area contributed by atoms with Crippen molar-refractivity contribution >= 4 is 11.3 Å². The molecule has 3 rings (SSSR count). The van der Waals surface area contributed by atoms with Gasteiger partial charge in [0.05, 0.1) is 16.6 Å². The van der Waals surface area contributed by atoms with Crippen LogP contribution in [-0.4, -0.2) is 10.1 Å². The molecule has 0 unspecified atom stereocenters. The second kappa shape index (κ2) is 5.48. The lowest BCUT2D eigenvalue weighted by atomic mass is 10.0. The summed E-state index contributed by atoms with van der Waals surface area (Å²) in [6.45, 7) is 0. The van der Waals surface area contributed by atoms with E-state index in [4.69, 9.17) is 10.2 Å². The molecule has 0 amide bonds. The molecule has 0 spiro atoms. The summed E-state index contributed by atoms with van der Waals surface area (Å²) in [5.74, 6) is 0.861. The summed E-state index contributed by atoms with van der Waals surface area (Å²) in [5.41, 5.74) is 7.94. The van der Waals surface area contributed by atoms with Gasteiger partial charge >= 0.3 is 0 Å². The summed E-state index contributed by atoms with van der Waals surface area (Å²) in [4.78, 5) is 5.43. The molecule has 5 heteroatoms. The molecule has 0 saturated carbocycles. The molecule has 1 aromatic carbocycles. The first kappa shape index (κ1) is 12.9. The van der Waals surface area contributed by atoms with Crippen LogP contribution in [0.3, 0.4) is 0 Å². The zero-order valence-corrected chi connectivity index (χ0v) is 11.5. The summed E-state index contributed by atoms with van der Waals surface area (Å²) in [6, 6.07) is 10.7. The van der Waals surface area contributed by atoms with Gasteiger partial charge in [0.2, 0.25) is 5.89 Å². The van der Waals surface area contributed by atoms with Crippen molar-refractivity contribution in [3.63, 3.8) is 0 Å². The van der Waals surface area contributed by atoms with Crippen molar-refractivity contribution in [2.45, 2.75) is 12.5 Å². The average Bonchev–Trinajstić information content (AvgIpc) is 3.11. The number of nitrogens with two attached hydrogens (primary N) is 1. The summed E-state index contributed by atoms with van der Waals surface area (Å²) in [5, 5.41) is 11.2. The van der Waals surface area contributed by atoms with Crippen molar-refractivity contribution in [1.29, 1.82) is 0 Å². The Kier molecular flexibility index (Phi) is 3.54. The third kappa shape index (κ3) is 2.74. The number of benzene rings is 1. The maximum Gasteiger partial charge on any atom is 0.236 e. The molecule has 0 radical (unpaired) electrons. The number of rotatable bonds is 4. The highest BCUT2D eigenvalue weighted by atomic mass is 32.1. The van der Waals surface area contributed by atoms with E-state index in [-0.39, 0.29) is 11.8 Å². The Morgan fingerprint density at radius 1 is 1.25 bits per heavy atom. The maximum absolute atomic E-state index is 9.26. The first-order valence-electron chi connectivity index (χ1n) is 6.25. The molecule has 0 aliphatic carbocycles. The molecule has 2 aromatic heterocycles. The summed E-state index contributed by atoms with van der Waals surface area (Å²) in [6.07, 6.45) is 2.26. The number of aromatic hydroxyl groups is 1. The Hall–Kier alpha value is -2.11. The standard InChI is InChI=1S/C15H14N2O2S/c16-12(8-10-3-5-11(18)6-4-10)13-9-19-15(17-13)14-2-1-7-20-14/h1-7,9,12,18H,8,16H2/t12-/m0/s1. The molecule has 3 aromatic rings. The summed E-state index contributed by atoms with van der Waals surface area (Å²) < 4.78 is 5.47. The van der Waals surface area contributed by atoms with Gasteiger partial charge in [-0.05, 0) is 35.6 Å². The Bertz CT molecular complexity index is 674. The van der Waals surface area contributed by atoms with Gasteiger partial charge in [0.25, 0.3) is 0 Å². The van der Waals surface area contributed by atoms with E-state index >= 15 is 0 Å². The molecule has 0 saturated heterocycles. The van der Waals surface area contributed by atoms with Gasteiger partial charge in [0, 0.05) is 0 Å². The molecule has 4 nitrogen and oxygen atoms in total. The van der Waals surface area contributed by atoms with Crippen LogP contribution in [0, 0.1) is 0 Å². The second-order valence-electron chi connectivity index (χ2n) is 4.53. The zero-order chi connectivity index (χ0) is 13.9. The highest BCUT2D eigenvalue weighted by Crippen LogP contribution is 2.26. The molecule has 0 fully saturated rings. The van der Waals surface area contributed by atoms with Crippen molar-refractivity contribution in [2.24, 2.45) is 5.73 Å². The number of hydrogen-bond acceptors (Lipinski definition) is 5. The number of hydrogen-bond donors (Lipinski definition) is 2. The molecule has 3 N–H and O–H groups in total. The third-order valence-corrected chi connectivity index (χ3v) is 3.88. The molecule has 102 valence electrons. The van der Waals surface area contributed by atoms with Crippen molar-refractivity contribution in [2.75, 3.05) is 0 Å². The van der Waals surface area contributed by atoms with Crippen LogP contribution in [0.25, 0.3) is 10.8 Å². The van der Waals surface area contributed by atoms with E-state index in [0.717, 1.165) is 16.1 Å². The number of thiophene rings is 1. The van der Waals surface area contributed by atoms with E-state index < -0.39 is 0 Å². The van der Waals surface area contributed by atoms with Gasteiger partial charge in [-0.3, -0.25) is 0 Å². The molecule has 2 heterocycles. The minimum atomic E-state index is -0.225. The maximum atomic E-state index is 9.26. The fraction of sp³-hybridized carbons (Fsp3) is 0.133. The van der Waals surface area contributed by atoms with Crippen LogP contribution >= 0.6 is 11.3 Å². The Morgan fingerprint density at radius 3 is 2.75 bits per heavy atom. The van der Waals surface area contributed by atoms with Crippen molar-refractivity contribution in [1.82, 2.24) is 4.98 Å². The van der Waals surface area contributed by atoms with Gasteiger partial charge in [-0.2, -0.15) is 0 Å². The first-order chi connectivity index (χ1) is 9.72.